The fraction of sp³-hybridized carbons (Fsp3) is 0.400. The van der Waals surface area contributed by atoms with Crippen LogP contribution in [0, 0.1) is 0 Å². The molecule has 3 aliphatic rings. The van der Waals surface area contributed by atoms with Crippen LogP contribution in [0.1, 0.15) is 27.0 Å². The van der Waals surface area contributed by atoms with E-state index in [2.05, 4.69) is 34.5 Å². The van der Waals surface area contributed by atoms with Gasteiger partial charge in [0.1, 0.15) is 35.9 Å². The second kappa shape index (κ2) is 9.79. The second-order valence-corrected chi connectivity index (χ2v) is 10.2. The normalized spacial score (nSPS) is 26.6. The van der Waals surface area contributed by atoms with E-state index in [1.54, 1.807) is 32.7 Å². The number of amides is 3. The molecule has 2 saturated heterocycles. The molecule has 8 nitrogen and oxygen atoms in total. The number of nitrogens with one attached hydrogen (secondary N) is 1. The van der Waals surface area contributed by atoms with Gasteiger partial charge in [-0.3, -0.25) is 24.6 Å². The fourth-order valence-electron chi connectivity index (χ4n) is 5.38. The number of imide groups is 1. The summed E-state index contributed by atoms with van der Waals surface area (Å²) in [7, 11) is 5.40. The highest BCUT2D eigenvalue weighted by Gasteiger charge is 2.54. The number of carbonyl (C=O) groups is 3. The largest absolute Gasteiger partial charge is 0.489 e. The first-order valence-electron chi connectivity index (χ1n) is 12.6. The first-order valence-corrected chi connectivity index (χ1v) is 12.6. The number of hydrogen-bond acceptors (Lipinski definition) is 6. The summed E-state index contributed by atoms with van der Waals surface area (Å²) >= 11 is 0. The molecule has 0 bridgehead atoms. The number of carbonyl (C=O) groups excluding carboxylic acids is 3. The highest BCUT2D eigenvalue weighted by Crippen LogP contribution is 2.42. The van der Waals surface area contributed by atoms with Gasteiger partial charge in [0.25, 0.3) is 5.91 Å². The Morgan fingerprint density at radius 2 is 1.72 bits per heavy atom. The van der Waals surface area contributed by atoms with E-state index >= 15 is 0 Å². The molecule has 11 heteroatoms. The molecule has 3 unspecified atom stereocenters. The third kappa shape index (κ3) is 4.35. The highest BCUT2D eigenvalue weighted by molar-refractivity contribution is 6.43. The van der Waals surface area contributed by atoms with Crippen molar-refractivity contribution in [3.63, 3.8) is 0 Å². The SMILES string of the molecule is BC1C(=O)NC(=O)C(B)(N2Cc3c(OCc4ccc(CN5CCOCC5)cc4)cccc3C2=O)C1B. The van der Waals surface area contributed by atoms with E-state index < -0.39 is 11.3 Å². The van der Waals surface area contributed by atoms with Gasteiger partial charge in [-0.15, -0.1) is 0 Å². The van der Waals surface area contributed by atoms with Gasteiger partial charge in [0.15, 0.2) is 0 Å². The molecule has 1 N–H and O–H groups in total. The molecular weight excluding hydrogens is 455 g/mol. The Kier molecular flexibility index (Phi) is 6.70. The molecule has 3 amide bonds. The molecule has 184 valence electrons. The summed E-state index contributed by atoms with van der Waals surface area (Å²) in [5, 5.41) is 2.45. The third-order valence-electron chi connectivity index (χ3n) is 8.16. The molecule has 0 aromatic heterocycles. The molecule has 0 saturated carbocycles. The number of benzene rings is 2. The minimum atomic E-state index is -1.13. The third-order valence-corrected chi connectivity index (χ3v) is 8.16. The van der Waals surface area contributed by atoms with E-state index in [9.17, 15) is 14.4 Å². The van der Waals surface area contributed by atoms with E-state index in [1.807, 2.05) is 13.9 Å². The number of nitrogens with zero attached hydrogens (tertiary/aromatic N) is 2. The molecule has 2 fully saturated rings. The molecule has 0 radical (unpaired) electrons. The molecular formula is C25H30B3N3O5. The van der Waals surface area contributed by atoms with E-state index in [0.29, 0.717) is 17.9 Å². The van der Waals surface area contributed by atoms with Crippen molar-refractivity contribution < 1.29 is 23.9 Å². The standard InChI is InChI=1S/C25H30B3N3O5/c26-20-21(27)25(28,24(34)29-22(20)32)31-13-18-17(23(31)33)2-1-3-19(18)36-14-16-6-4-15(5-7-16)12-30-8-10-35-11-9-30/h1-7,20-21H,8-14,26-28H2,(H,29,32,34). The molecule has 5 rings (SSSR count). The Morgan fingerprint density at radius 1 is 1.03 bits per heavy atom. The van der Waals surface area contributed by atoms with Gasteiger partial charge in [0.05, 0.1) is 25.2 Å². The quantitative estimate of drug-likeness (QED) is 0.413. The minimum absolute atomic E-state index is 0.214. The zero-order valence-corrected chi connectivity index (χ0v) is 21.1. The lowest BCUT2D eigenvalue weighted by Crippen LogP contribution is -2.67. The molecule has 3 atom stereocenters. The zero-order valence-electron chi connectivity index (χ0n) is 21.1. The Balaban J connectivity index is 1.29. The van der Waals surface area contributed by atoms with Crippen molar-refractivity contribution in [3.05, 3.63) is 64.7 Å². The van der Waals surface area contributed by atoms with E-state index in [1.165, 1.54) is 5.56 Å². The van der Waals surface area contributed by atoms with Crippen molar-refractivity contribution in [2.24, 2.45) is 0 Å². The number of fused-ring (bicyclic) bond motifs is 1. The average molecular weight is 485 g/mol. The lowest BCUT2D eigenvalue weighted by Gasteiger charge is -2.47. The Bertz CT molecular complexity index is 1190. The predicted molar refractivity (Wildman–Crippen MR) is 142 cm³/mol. The van der Waals surface area contributed by atoms with Crippen molar-refractivity contribution >= 4 is 41.3 Å². The topological polar surface area (TPSA) is 88.2 Å². The van der Waals surface area contributed by atoms with Gasteiger partial charge in [-0.1, -0.05) is 30.3 Å². The van der Waals surface area contributed by atoms with Crippen molar-refractivity contribution in [2.45, 2.75) is 36.8 Å². The van der Waals surface area contributed by atoms with Crippen LogP contribution in [0.25, 0.3) is 0 Å². The molecule has 36 heavy (non-hydrogen) atoms. The summed E-state index contributed by atoms with van der Waals surface area (Å²) < 4.78 is 11.6. The summed E-state index contributed by atoms with van der Waals surface area (Å²) in [6.45, 7) is 5.02. The highest BCUT2D eigenvalue weighted by atomic mass is 16.5. The maximum atomic E-state index is 13.4. The zero-order chi connectivity index (χ0) is 25.4. The van der Waals surface area contributed by atoms with Gasteiger partial charge in [0, 0.05) is 36.6 Å². The van der Waals surface area contributed by atoms with Gasteiger partial charge in [-0.25, -0.2) is 0 Å². The van der Waals surface area contributed by atoms with Crippen LogP contribution in [-0.2, 0) is 34.0 Å². The minimum Gasteiger partial charge on any atom is -0.489 e. The van der Waals surface area contributed by atoms with Gasteiger partial charge >= 0.3 is 0 Å². The van der Waals surface area contributed by atoms with Crippen LogP contribution in [0.3, 0.4) is 0 Å². The van der Waals surface area contributed by atoms with Crippen molar-refractivity contribution in [1.29, 1.82) is 0 Å². The van der Waals surface area contributed by atoms with Gasteiger partial charge < -0.3 is 14.4 Å². The molecule has 0 spiro atoms. The Morgan fingerprint density at radius 3 is 2.44 bits per heavy atom. The summed E-state index contributed by atoms with van der Waals surface area (Å²) in [4.78, 5) is 42.5. The smallest absolute Gasteiger partial charge is 0.254 e. The summed E-state index contributed by atoms with van der Waals surface area (Å²) in [6.07, 6.45) is 0. The van der Waals surface area contributed by atoms with Crippen LogP contribution >= 0.6 is 0 Å². The first-order chi connectivity index (χ1) is 17.3. The van der Waals surface area contributed by atoms with Crippen LogP contribution in [0.5, 0.6) is 5.75 Å². The van der Waals surface area contributed by atoms with Crippen LogP contribution < -0.4 is 10.1 Å². The fourth-order valence-corrected chi connectivity index (χ4v) is 5.38. The molecule has 2 aromatic carbocycles. The van der Waals surface area contributed by atoms with E-state index in [4.69, 9.17) is 9.47 Å². The number of rotatable bonds is 6. The number of morpholine rings is 1. The van der Waals surface area contributed by atoms with Crippen LogP contribution in [-0.4, -0.2) is 82.8 Å². The van der Waals surface area contributed by atoms with Crippen molar-refractivity contribution in [3.8, 4) is 5.75 Å². The second-order valence-electron chi connectivity index (χ2n) is 10.2. The maximum Gasteiger partial charge on any atom is 0.254 e. The number of piperidine rings is 1. The number of hydrogen-bond donors (Lipinski definition) is 1. The summed E-state index contributed by atoms with van der Waals surface area (Å²) in [5.74, 6) is -1.01. The maximum absolute atomic E-state index is 13.4. The van der Waals surface area contributed by atoms with E-state index in [-0.39, 0.29) is 30.0 Å². The molecule has 3 aliphatic heterocycles. The Hall–Kier alpha value is -3.04. The molecule has 2 aromatic rings. The van der Waals surface area contributed by atoms with Crippen LogP contribution in [0.15, 0.2) is 42.5 Å². The van der Waals surface area contributed by atoms with Gasteiger partial charge in [-0.05, 0) is 29.1 Å². The number of ether oxygens (including phenoxy) is 2. The molecule has 3 heterocycles. The van der Waals surface area contributed by atoms with Crippen LogP contribution in [0.2, 0.25) is 11.6 Å². The van der Waals surface area contributed by atoms with E-state index in [0.717, 1.165) is 44.0 Å². The van der Waals surface area contributed by atoms with Crippen LogP contribution in [0.4, 0.5) is 0 Å². The molecule has 0 aliphatic carbocycles. The summed E-state index contributed by atoms with van der Waals surface area (Å²) in [5.41, 5.74) is 2.48. The first kappa shape index (κ1) is 24.7. The van der Waals surface area contributed by atoms with Crippen molar-refractivity contribution in [1.82, 2.24) is 15.1 Å². The average Bonchev–Trinajstić information content (AvgIpc) is 3.24. The monoisotopic (exact) mass is 485 g/mol. The lowest BCUT2D eigenvalue weighted by atomic mass is 9.48. The van der Waals surface area contributed by atoms with Gasteiger partial charge in [0.2, 0.25) is 11.8 Å². The Labute approximate surface area is 213 Å². The van der Waals surface area contributed by atoms with Crippen molar-refractivity contribution in [2.75, 3.05) is 26.3 Å². The predicted octanol–water partition coefficient (Wildman–Crippen LogP) is -1.12. The summed E-state index contributed by atoms with van der Waals surface area (Å²) in [6, 6.07) is 13.8. The van der Waals surface area contributed by atoms with Gasteiger partial charge in [-0.2, -0.15) is 0 Å². The lowest BCUT2D eigenvalue weighted by molar-refractivity contribution is -0.138.